The van der Waals surface area contributed by atoms with Gasteiger partial charge in [-0.1, -0.05) is 13.8 Å². The lowest BCUT2D eigenvalue weighted by atomic mass is 10.1. The number of nitrogens with zero attached hydrogens (tertiary/aromatic N) is 1. The van der Waals surface area contributed by atoms with Gasteiger partial charge < -0.3 is 15.0 Å². The van der Waals surface area contributed by atoms with Gasteiger partial charge in [0.05, 0.1) is 19.1 Å². The molecule has 110 valence electrons. The van der Waals surface area contributed by atoms with Crippen LogP contribution in [0.2, 0.25) is 0 Å². The molecule has 1 N–H and O–H groups in total. The quantitative estimate of drug-likeness (QED) is 0.788. The molecule has 2 atom stereocenters. The largest absolute Gasteiger partial charge is 0.378 e. The van der Waals surface area contributed by atoms with Crippen LogP contribution in [0.15, 0.2) is 0 Å². The normalized spacial score (nSPS) is 21.4. The molecule has 0 aliphatic carbocycles. The molecule has 0 aromatic rings. The van der Waals surface area contributed by atoms with E-state index >= 15 is 0 Å². The van der Waals surface area contributed by atoms with Gasteiger partial charge in [-0.2, -0.15) is 0 Å². The van der Waals surface area contributed by atoms with Crippen LogP contribution in [-0.2, 0) is 14.3 Å². The zero-order valence-electron chi connectivity index (χ0n) is 12.4. The van der Waals surface area contributed by atoms with Crippen molar-refractivity contribution in [3.8, 4) is 0 Å². The number of ether oxygens (including phenoxy) is 1. The second-order valence-electron chi connectivity index (χ2n) is 5.62. The number of piperazine rings is 1. The van der Waals surface area contributed by atoms with Crippen molar-refractivity contribution in [2.45, 2.75) is 52.7 Å². The molecule has 1 heterocycles. The van der Waals surface area contributed by atoms with E-state index in [0.29, 0.717) is 32.0 Å². The van der Waals surface area contributed by atoms with Crippen molar-refractivity contribution in [3.63, 3.8) is 0 Å². The van der Waals surface area contributed by atoms with E-state index < -0.39 is 0 Å². The van der Waals surface area contributed by atoms with E-state index in [1.54, 1.807) is 11.8 Å². The number of nitrogens with one attached hydrogen (secondary N) is 1. The molecule has 0 saturated carbocycles. The van der Waals surface area contributed by atoms with Crippen molar-refractivity contribution in [1.29, 1.82) is 0 Å². The zero-order valence-corrected chi connectivity index (χ0v) is 12.4. The van der Waals surface area contributed by atoms with E-state index in [1.807, 2.05) is 6.92 Å². The summed E-state index contributed by atoms with van der Waals surface area (Å²) >= 11 is 0. The fraction of sp³-hybridized carbons (Fsp3) is 0.857. The minimum absolute atomic E-state index is 0.000836. The Morgan fingerprint density at radius 3 is 2.79 bits per heavy atom. The SMILES string of the molecule is CC(C)C[C@@H](C)OCCC(=O)N1CCNC(=O)[C@H]1C. The third-order valence-electron chi connectivity index (χ3n) is 3.34. The number of hydrogen-bond acceptors (Lipinski definition) is 3. The summed E-state index contributed by atoms with van der Waals surface area (Å²) in [4.78, 5) is 25.1. The van der Waals surface area contributed by atoms with Crippen LogP contribution in [0, 0.1) is 5.92 Å². The fourth-order valence-corrected chi connectivity index (χ4v) is 2.35. The van der Waals surface area contributed by atoms with Crippen molar-refractivity contribution in [3.05, 3.63) is 0 Å². The van der Waals surface area contributed by atoms with Crippen molar-refractivity contribution in [2.75, 3.05) is 19.7 Å². The van der Waals surface area contributed by atoms with Gasteiger partial charge in [0.1, 0.15) is 6.04 Å². The maximum absolute atomic E-state index is 12.0. The Hall–Kier alpha value is -1.10. The molecule has 0 radical (unpaired) electrons. The van der Waals surface area contributed by atoms with Crippen molar-refractivity contribution in [1.82, 2.24) is 10.2 Å². The minimum Gasteiger partial charge on any atom is -0.378 e. The summed E-state index contributed by atoms with van der Waals surface area (Å²) in [6.07, 6.45) is 1.52. The fourth-order valence-electron chi connectivity index (χ4n) is 2.35. The molecule has 2 amide bonds. The highest BCUT2D eigenvalue weighted by atomic mass is 16.5. The van der Waals surface area contributed by atoms with Crippen LogP contribution in [0.4, 0.5) is 0 Å². The van der Waals surface area contributed by atoms with Gasteiger partial charge in [-0.15, -0.1) is 0 Å². The molecule has 0 unspecified atom stereocenters. The molecule has 1 aliphatic heterocycles. The van der Waals surface area contributed by atoms with Gasteiger partial charge in [-0.3, -0.25) is 9.59 Å². The molecule has 5 heteroatoms. The van der Waals surface area contributed by atoms with Gasteiger partial charge in [0.25, 0.3) is 0 Å². The number of carbonyl (C=O) groups is 2. The smallest absolute Gasteiger partial charge is 0.242 e. The first-order valence-electron chi connectivity index (χ1n) is 7.10. The molecule has 0 aromatic heterocycles. The first-order chi connectivity index (χ1) is 8.91. The third kappa shape index (κ3) is 5.19. The van der Waals surface area contributed by atoms with Crippen LogP contribution in [0.5, 0.6) is 0 Å². The molecular weight excluding hydrogens is 244 g/mol. The topological polar surface area (TPSA) is 58.6 Å². The molecule has 0 aromatic carbocycles. The van der Waals surface area contributed by atoms with E-state index in [4.69, 9.17) is 4.74 Å². The molecule has 0 spiro atoms. The standard InChI is InChI=1S/C14H26N2O3/c1-10(2)9-11(3)19-8-5-13(17)16-7-6-15-14(18)12(16)4/h10-12H,5-9H2,1-4H3,(H,15,18)/t11-,12-/m1/s1. The van der Waals surface area contributed by atoms with Gasteiger partial charge in [0.2, 0.25) is 11.8 Å². The second kappa shape index (κ2) is 7.48. The molecule has 1 saturated heterocycles. The number of hydrogen-bond donors (Lipinski definition) is 1. The molecule has 5 nitrogen and oxygen atoms in total. The average molecular weight is 270 g/mol. The van der Waals surface area contributed by atoms with Crippen LogP contribution in [-0.4, -0.2) is 48.6 Å². The minimum atomic E-state index is -0.366. The molecule has 1 aliphatic rings. The Morgan fingerprint density at radius 2 is 2.16 bits per heavy atom. The predicted molar refractivity (Wildman–Crippen MR) is 73.7 cm³/mol. The summed E-state index contributed by atoms with van der Waals surface area (Å²) < 4.78 is 5.63. The van der Waals surface area contributed by atoms with E-state index in [-0.39, 0.29) is 24.0 Å². The molecule has 1 rings (SSSR count). The van der Waals surface area contributed by atoms with E-state index in [9.17, 15) is 9.59 Å². The van der Waals surface area contributed by atoms with Gasteiger partial charge in [-0.25, -0.2) is 0 Å². The third-order valence-corrected chi connectivity index (χ3v) is 3.34. The average Bonchev–Trinajstić information content (AvgIpc) is 2.31. The number of carbonyl (C=O) groups excluding carboxylic acids is 2. The Morgan fingerprint density at radius 1 is 1.47 bits per heavy atom. The van der Waals surface area contributed by atoms with E-state index in [0.717, 1.165) is 6.42 Å². The summed E-state index contributed by atoms with van der Waals surface area (Å²) in [7, 11) is 0. The van der Waals surface area contributed by atoms with Crippen molar-refractivity contribution in [2.24, 2.45) is 5.92 Å². The van der Waals surface area contributed by atoms with Crippen LogP contribution >= 0.6 is 0 Å². The Kier molecular flexibility index (Phi) is 6.28. The van der Waals surface area contributed by atoms with Crippen LogP contribution in [0.3, 0.4) is 0 Å². The Labute approximate surface area is 115 Å². The lowest BCUT2D eigenvalue weighted by molar-refractivity contribution is -0.143. The predicted octanol–water partition coefficient (Wildman–Crippen LogP) is 1.17. The highest BCUT2D eigenvalue weighted by Crippen LogP contribution is 2.10. The van der Waals surface area contributed by atoms with Crippen molar-refractivity contribution >= 4 is 11.8 Å². The molecule has 1 fully saturated rings. The van der Waals surface area contributed by atoms with Crippen LogP contribution in [0.1, 0.15) is 40.5 Å². The summed E-state index contributed by atoms with van der Waals surface area (Å²) in [6, 6.07) is -0.366. The van der Waals surface area contributed by atoms with E-state index in [2.05, 4.69) is 19.2 Å². The monoisotopic (exact) mass is 270 g/mol. The highest BCUT2D eigenvalue weighted by Gasteiger charge is 2.28. The summed E-state index contributed by atoms with van der Waals surface area (Å²) in [6.45, 7) is 9.65. The van der Waals surface area contributed by atoms with E-state index in [1.165, 1.54) is 0 Å². The summed E-state index contributed by atoms with van der Waals surface area (Å²) in [5, 5.41) is 2.75. The lowest BCUT2D eigenvalue weighted by Crippen LogP contribution is -2.56. The molecule has 0 bridgehead atoms. The zero-order chi connectivity index (χ0) is 14.4. The van der Waals surface area contributed by atoms with Gasteiger partial charge in [-0.05, 0) is 26.2 Å². The van der Waals surface area contributed by atoms with Gasteiger partial charge in [0.15, 0.2) is 0 Å². The lowest BCUT2D eigenvalue weighted by Gasteiger charge is -2.33. The molecule has 19 heavy (non-hydrogen) atoms. The van der Waals surface area contributed by atoms with Crippen molar-refractivity contribution < 1.29 is 14.3 Å². The first-order valence-corrected chi connectivity index (χ1v) is 7.10. The first kappa shape index (κ1) is 16.0. The summed E-state index contributed by atoms with van der Waals surface area (Å²) in [5.41, 5.74) is 0. The maximum Gasteiger partial charge on any atom is 0.242 e. The Balaban J connectivity index is 2.29. The number of rotatable bonds is 6. The molecular formula is C14H26N2O3. The van der Waals surface area contributed by atoms with Gasteiger partial charge >= 0.3 is 0 Å². The van der Waals surface area contributed by atoms with Crippen LogP contribution < -0.4 is 5.32 Å². The number of amides is 2. The Bertz CT molecular complexity index is 318. The maximum atomic E-state index is 12.0. The van der Waals surface area contributed by atoms with Crippen LogP contribution in [0.25, 0.3) is 0 Å². The van der Waals surface area contributed by atoms with Gasteiger partial charge in [0, 0.05) is 13.1 Å². The highest BCUT2D eigenvalue weighted by molar-refractivity contribution is 5.88. The second-order valence-corrected chi connectivity index (χ2v) is 5.62. The summed E-state index contributed by atoms with van der Waals surface area (Å²) in [5.74, 6) is 0.518.